The minimum atomic E-state index is -0.921. The second kappa shape index (κ2) is 8.82. The van der Waals surface area contributed by atoms with Gasteiger partial charge in [0.15, 0.2) is 6.61 Å². The first-order chi connectivity index (χ1) is 12.4. The molecule has 0 aliphatic rings. The number of rotatable bonds is 7. The number of methoxy groups -OCH3 is 1. The minimum Gasteiger partial charge on any atom is -0.497 e. The van der Waals surface area contributed by atoms with E-state index in [2.05, 4.69) is 5.32 Å². The van der Waals surface area contributed by atoms with E-state index in [1.165, 1.54) is 19.2 Å². The largest absolute Gasteiger partial charge is 0.497 e. The van der Waals surface area contributed by atoms with Crippen molar-refractivity contribution in [3.8, 4) is 5.75 Å². The molecule has 9 heteroatoms. The number of nitro groups is 1. The van der Waals surface area contributed by atoms with Gasteiger partial charge >= 0.3 is 5.97 Å². The molecule has 2 rings (SSSR count). The van der Waals surface area contributed by atoms with Gasteiger partial charge in [-0.3, -0.25) is 14.9 Å². The van der Waals surface area contributed by atoms with Gasteiger partial charge in [-0.2, -0.15) is 0 Å². The van der Waals surface area contributed by atoms with Crippen LogP contribution < -0.4 is 10.1 Å². The van der Waals surface area contributed by atoms with Gasteiger partial charge < -0.3 is 14.8 Å². The van der Waals surface area contributed by atoms with Crippen LogP contribution in [-0.2, 0) is 16.1 Å². The van der Waals surface area contributed by atoms with Crippen molar-refractivity contribution in [2.75, 3.05) is 13.7 Å². The average Bonchev–Trinajstić information content (AvgIpc) is 2.64. The summed E-state index contributed by atoms with van der Waals surface area (Å²) >= 11 is 5.84. The average molecular weight is 379 g/mol. The number of carbonyl (C=O) groups is 2. The molecule has 8 nitrogen and oxygen atoms in total. The van der Waals surface area contributed by atoms with Gasteiger partial charge in [0.05, 0.1) is 22.6 Å². The molecule has 0 aliphatic heterocycles. The van der Waals surface area contributed by atoms with Gasteiger partial charge in [0.2, 0.25) is 0 Å². The third kappa shape index (κ3) is 5.18. The molecule has 0 atom stereocenters. The van der Waals surface area contributed by atoms with Crippen LogP contribution >= 0.6 is 11.6 Å². The summed E-state index contributed by atoms with van der Waals surface area (Å²) in [4.78, 5) is 33.9. The van der Waals surface area contributed by atoms with Crippen LogP contribution in [0.2, 0.25) is 5.02 Å². The summed E-state index contributed by atoms with van der Waals surface area (Å²) in [5, 5.41) is 13.3. The number of esters is 1. The number of benzene rings is 2. The second-order valence-corrected chi connectivity index (χ2v) is 5.53. The Morgan fingerprint density at radius 1 is 1.23 bits per heavy atom. The van der Waals surface area contributed by atoms with Crippen LogP contribution in [0.3, 0.4) is 0 Å². The topological polar surface area (TPSA) is 108 Å². The molecule has 0 heterocycles. The summed E-state index contributed by atoms with van der Waals surface area (Å²) in [5.41, 5.74) is 0.330. The van der Waals surface area contributed by atoms with Crippen molar-refractivity contribution in [1.29, 1.82) is 0 Å². The fourth-order valence-electron chi connectivity index (χ4n) is 2.03. The third-order valence-electron chi connectivity index (χ3n) is 3.34. The Labute approximate surface area is 153 Å². The monoisotopic (exact) mass is 378 g/mol. The highest BCUT2D eigenvalue weighted by Gasteiger charge is 2.18. The Morgan fingerprint density at radius 2 is 2.00 bits per heavy atom. The summed E-state index contributed by atoms with van der Waals surface area (Å²) in [6, 6.07) is 10.5. The minimum absolute atomic E-state index is 0.00242. The molecule has 0 aromatic heterocycles. The molecule has 0 spiro atoms. The van der Waals surface area contributed by atoms with Crippen LogP contribution in [0.15, 0.2) is 42.5 Å². The summed E-state index contributed by atoms with van der Waals surface area (Å²) in [6.45, 7) is -0.313. The maximum absolute atomic E-state index is 12.0. The first-order valence-electron chi connectivity index (χ1n) is 7.41. The van der Waals surface area contributed by atoms with Gasteiger partial charge in [0, 0.05) is 18.7 Å². The zero-order valence-corrected chi connectivity index (χ0v) is 14.5. The maximum Gasteiger partial charge on any atom is 0.340 e. The number of nitrogens with zero attached hydrogens (tertiary/aromatic N) is 1. The van der Waals surface area contributed by atoms with E-state index in [-0.39, 0.29) is 22.8 Å². The molecule has 26 heavy (non-hydrogen) atoms. The molecule has 0 bridgehead atoms. The summed E-state index contributed by atoms with van der Waals surface area (Å²) in [7, 11) is 1.54. The zero-order valence-electron chi connectivity index (χ0n) is 13.7. The highest BCUT2D eigenvalue weighted by atomic mass is 35.5. The Kier molecular flexibility index (Phi) is 6.51. The molecule has 2 aromatic carbocycles. The first-order valence-corrected chi connectivity index (χ1v) is 7.79. The lowest BCUT2D eigenvalue weighted by Gasteiger charge is -2.08. The smallest absolute Gasteiger partial charge is 0.340 e. The van der Waals surface area contributed by atoms with E-state index in [0.29, 0.717) is 5.75 Å². The van der Waals surface area contributed by atoms with Crippen molar-refractivity contribution >= 4 is 29.2 Å². The van der Waals surface area contributed by atoms with Crippen molar-refractivity contribution in [3.63, 3.8) is 0 Å². The number of halogens is 1. The Morgan fingerprint density at radius 3 is 2.69 bits per heavy atom. The summed E-state index contributed by atoms with van der Waals surface area (Å²) < 4.78 is 9.94. The van der Waals surface area contributed by atoms with Gasteiger partial charge in [0.25, 0.3) is 11.6 Å². The van der Waals surface area contributed by atoms with Gasteiger partial charge in [0.1, 0.15) is 5.75 Å². The lowest BCUT2D eigenvalue weighted by atomic mass is 10.2. The molecule has 0 saturated heterocycles. The predicted molar refractivity (Wildman–Crippen MR) is 93.2 cm³/mol. The van der Waals surface area contributed by atoms with E-state index >= 15 is 0 Å². The van der Waals surface area contributed by atoms with Crippen molar-refractivity contribution < 1.29 is 24.0 Å². The zero-order chi connectivity index (χ0) is 19.1. The van der Waals surface area contributed by atoms with E-state index in [9.17, 15) is 19.7 Å². The molecular formula is C17H15ClN2O6. The van der Waals surface area contributed by atoms with E-state index in [1.54, 1.807) is 24.3 Å². The second-order valence-electron chi connectivity index (χ2n) is 5.13. The van der Waals surface area contributed by atoms with E-state index in [0.717, 1.165) is 11.6 Å². The van der Waals surface area contributed by atoms with Crippen LogP contribution in [0.25, 0.3) is 0 Å². The van der Waals surface area contributed by atoms with Gasteiger partial charge in [-0.05, 0) is 23.8 Å². The molecule has 1 amide bonds. The van der Waals surface area contributed by atoms with Crippen LogP contribution in [-0.4, -0.2) is 30.5 Å². The first kappa shape index (κ1) is 19.2. The molecule has 0 aliphatic carbocycles. The van der Waals surface area contributed by atoms with E-state index in [4.69, 9.17) is 21.1 Å². The molecule has 2 aromatic rings. The number of non-ortho nitro benzene ring substituents is 1. The molecule has 0 radical (unpaired) electrons. The molecular weight excluding hydrogens is 364 g/mol. The van der Waals surface area contributed by atoms with Crippen molar-refractivity contribution in [3.05, 3.63) is 68.7 Å². The number of hydrogen-bond donors (Lipinski definition) is 1. The van der Waals surface area contributed by atoms with Gasteiger partial charge in [-0.1, -0.05) is 23.7 Å². The van der Waals surface area contributed by atoms with E-state index in [1.807, 2.05) is 0 Å². The molecule has 1 N–H and O–H groups in total. The number of amides is 1. The van der Waals surface area contributed by atoms with Crippen molar-refractivity contribution in [2.45, 2.75) is 6.54 Å². The SMILES string of the molecule is COc1cccc(CNC(=O)COC(=O)c2cc([N+](=O)[O-])ccc2Cl)c1. The Hall–Kier alpha value is -3.13. The van der Waals surface area contributed by atoms with Crippen LogP contribution in [0, 0.1) is 10.1 Å². The normalized spacial score (nSPS) is 10.1. The Balaban J connectivity index is 1.89. The summed E-state index contributed by atoms with van der Waals surface area (Å²) in [6.07, 6.45) is 0. The van der Waals surface area contributed by atoms with Crippen LogP contribution in [0.5, 0.6) is 5.75 Å². The lowest BCUT2D eigenvalue weighted by molar-refractivity contribution is -0.384. The summed E-state index contributed by atoms with van der Waals surface area (Å²) in [5.74, 6) is -0.790. The highest BCUT2D eigenvalue weighted by molar-refractivity contribution is 6.33. The van der Waals surface area contributed by atoms with Crippen LogP contribution in [0.4, 0.5) is 5.69 Å². The standard InChI is InChI=1S/C17H15ClN2O6/c1-25-13-4-2-3-11(7-13)9-19-16(21)10-26-17(22)14-8-12(20(23)24)5-6-15(14)18/h2-8H,9-10H2,1H3,(H,19,21). The maximum atomic E-state index is 12.0. The fraction of sp³-hybridized carbons (Fsp3) is 0.176. The quantitative estimate of drug-likeness (QED) is 0.451. The van der Waals surface area contributed by atoms with E-state index < -0.39 is 23.4 Å². The predicted octanol–water partition coefficient (Wildman–Crippen LogP) is 2.73. The Bertz CT molecular complexity index is 840. The molecule has 136 valence electrons. The number of hydrogen-bond acceptors (Lipinski definition) is 6. The lowest BCUT2D eigenvalue weighted by Crippen LogP contribution is -2.28. The highest BCUT2D eigenvalue weighted by Crippen LogP contribution is 2.22. The molecule has 0 saturated carbocycles. The molecule has 0 fully saturated rings. The van der Waals surface area contributed by atoms with Gasteiger partial charge in [-0.15, -0.1) is 0 Å². The third-order valence-corrected chi connectivity index (χ3v) is 3.67. The fourth-order valence-corrected chi connectivity index (χ4v) is 2.22. The van der Waals surface area contributed by atoms with Crippen molar-refractivity contribution in [1.82, 2.24) is 5.32 Å². The number of nitro benzene ring substituents is 1. The van der Waals surface area contributed by atoms with Crippen LogP contribution in [0.1, 0.15) is 15.9 Å². The van der Waals surface area contributed by atoms with Gasteiger partial charge in [-0.25, -0.2) is 4.79 Å². The number of nitrogens with one attached hydrogen (secondary N) is 1. The molecule has 0 unspecified atom stereocenters. The number of carbonyl (C=O) groups excluding carboxylic acids is 2. The number of ether oxygens (including phenoxy) is 2. The van der Waals surface area contributed by atoms with Crippen molar-refractivity contribution in [2.24, 2.45) is 0 Å².